The molecule has 0 saturated carbocycles. The smallest absolute Gasteiger partial charge is 0.191 e. The fraction of sp³-hybridized carbons (Fsp3) is 0.474. The van der Waals surface area contributed by atoms with Gasteiger partial charge in [0.2, 0.25) is 0 Å². The number of benzene rings is 1. The summed E-state index contributed by atoms with van der Waals surface area (Å²) < 4.78 is 0. The molecule has 0 aliphatic carbocycles. The molecular weight excluding hydrogens is 366 g/mol. The number of aryl methyl sites for hydroxylation is 1. The molecule has 0 amide bonds. The Hall–Kier alpha value is -1.79. The van der Waals surface area contributed by atoms with Crippen molar-refractivity contribution in [3.63, 3.8) is 0 Å². The zero-order valence-electron chi connectivity index (χ0n) is 15.3. The topological polar surface area (TPSA) is 52.6 Å². The normalized spacial score (nSPS) is 17.6. The van der Waals surface area contributed by atoms with E-state index in [1.807, 2.05) is 24.4 Å². The second kappa shape index (κ2) is 9.24. The monoisotopic (exact) mass is 391 g/mol. The number of rotatable bonds is 6. The molecule has 140 valence electrons. The van der Waals surface area contributed by atoms with E-state index < -0.39 is 0 Å². The Bertz CT molecular complexity index is 745. The van der Waals surface area contributed by atoms with Gasteiger partial charge in [-0.2, -0.15) is 0 Å². The highest BCUT2D eigenvalue weighted by molar-refractivity contribution is 7.11. The van der Waals surface area contributed by atoms with Crippen LogP contribution in [0.15, 0.2) is 35.5 Å². The van der Waals surface area contributed by atoms with E-state index in [-0.39, 0.29) is 0 Å². The van der Waals surface area contributed by atoms with Gasteiger partial charge >= 0.3 is 0 Å². The highest BCUT2D eigenvalue weighted by Crippen LogP contribution is 2.23. The van der Waals surface area contributed by atoms with E-state index in [0.717, 1.165) is 55.0 Å². The maximum absolute atomic E-state index is 6.12. The summed E-state index contributed by atoms with van der Waals surface area (Å²) in [6.45, 7) is 7.75. The van der Waals surface area contributed by atoms with E-state index in [4.69, 9.17) is 16.6 Å². The fourth-order valence-corrected chi connectivity index (χ4v) is 4.04. The number of thiazole rings is 1. The molecule has 2 aromatic rings. The van der Waals surface area contributed by atoms with Gasteiger partial charge in [-0.05, 0) is 38.5 Å². The molecule has 1 aliphatic rings. The zero-order valence-corrected chi connectivity index (χ0v) is 16.9. The lowest BCUT2D eigenvalue weighted by Crippen LogP contribution is -2.44. The lowest BCUT2D eigenvalue weighted by atomic mass is 10.2. The number of hydrogen-bond donors (Lipinski definition) is 2. The molecule has 0 spiro atoms. The van der Waals surface area contributed by atoms with E-state index in [9.17, 15) is 0 Å². The molecular formula is C19H26ClN5S. The summed E-state index contributed by atoms with van der Waals surface area (Å²) in [6, 6.07) is 8.44. The number of guanidine groups is 1. The highest BCUT2D eigenvalue weighted by atomic mass is 35.5. The van der Waals surface area contributed by atoms with Crippen LogP contribution in [0.1, 0.15) is 23.2 Å². The first kappa shape index (κ1) is 19.0. The van der Waals surface area contributed by atoms with Crippen molar-refractivity contribution in [2.75, 3.05) is 31.1 Å². The molecule has 1 aromatic carbocycles. The summed E-state index contributed by atoms with van der Waals surface area (Å²) in [4.78, 5) is 12.7. The third-order valence-electron chi connectivity index (χ3n) is 4.31. The first-order valence-electron chi connectivity index (χ1n) is 9.10. The number of aliphatic imine (C=N–C) groups is 1. The van der Waals surface area contributed by atoms with Crippen LogP contribution in [-0.2, 0) is 6.42 Å². The SMILES string of the molecule is CCNC(=NCCc1ncc(C)s1)NC1CCN(c2cccc(Cl)c2)C1. The summed E-state index contributed by atoms with van der Waals surface area (Å²) in [7, 11) is 0. The molecule has 1 saturated heterocycles. The Balaban J connectivity index is 1.53. The van der Waals surface area contributed by atoms with Crippen LogP contribution in [0.3, 0.4) is 0 Å². The molecule has 5 nitrogen and oxygen atoms in total. The van der Waals surface area contributed by atoms with Crippen molar-refractivity contribution in [2.24, 2.45) is 4.99 Å². The molecule has 0 bridgehead atoms. The van der Waals surface area contributed by atoms with Crippen molar-refractivity contribution in [1.29, 1.82) is 0 Å². The third kappa shape index (κ3) is 5.35. The minimum atomic E-state index is 0.383. The first-order chi connectivity index (χ1) is 12.6. The lowest BCUT2D eigenvalue weighted by molar-refractivity contribution is 0.649. The van der Waals surface area contributed by atoms with Crippen LogP contribution in [0.25, 0.3) is 0 Å². The Morgan fingerprint density at radius 1 is 1.46 bits per heavy atom. The quantitative estimate of drug-likeness (QED) is 0.584. The van der Waals surface area contributed by atoms with E-state index in [2.05, 4.69) is 40.4 Å². The van der Waals surface area contributed by atoms with Gasteiger partial charge < -0.3 is 15.5 Å². The Morgan fingerprint density at radius 3 is 3.08 bits per heavy atom. The molecule has 2 heterocycles. The van der Waals surface area contributed by atoms with Gasteiger partial charge in [0.1, 0.15) is 0 Å². The molecule has 1 aromatic heterocycles. The lowest BCUT2D eigenvalue weighted by Gasteiger charge is -2.20. The molecule has 1 atom stereocenters. The maximum Gasteiger partial charge on any atom is 0.191 e. The third-order valence-corrected chi connectivity index (χ3v) is 5.52. The Labute approximate surface area is 164 Å². The van der Waals surface area contributed by atoms with Gasteiger partial charge in [0.25, 0.3) is 0 Å². The number of aromatic nitrogens is 1. The number of anilines is 1. The van der Waals surface area contributed by atoms with Crippen LogP contribution >= 0.6 is 22.9 Å². The van der Waals surface area contributed by atoms with Gasteiger partial charge in [-0.25, -0.2) is 4.98 Å². The Kier molecular flexibility index (Phi) is 6.74. The van der Waals surface area contributed by atoms with Crippen LogP contribution in [0, 0.1) is 6.92 Å². The predicted molar refractivity (Wildman–Crippen MR) is 112 cm³/mol. The van der Waals surface area contributed by atoms with Gasteiger partial charge in [0.15, 0.2) is 5.96 Å². The summed E-state index contributed by atoms with van der Waals surface area (Å²) in [6.07, 6.45) is 3.90. The van der Waals surface area contributed by atoms with E-state index >= 15 is 0 Å². The van der Waals surface area contributed by atoms with E-state index in [1.54, 1.807) is 11.3 Å². The van der Waals surface area contributed by atoms with Crippen molar-refractivity contribution in [2.45, 2.75) is 32.7 Å². The molecule has 3 rings (SSSR count). The fourth-order valence-electron chi connectivity index (χ4n) is 3.08. The van der Waals surface area contributed by atoms with Crippen molar-refractivity contribution < 1.29 is 0 Å². The zero-order chi connectivity index (χ0) is 18.4. The summed E-state index contributed by atoms with van der Waals surface area (Å²) in [5.74, 6) is 0.888. The molecule has 1 aliphatic heterocycles. The second-order valence-corrected chi connectivity index (χ2v) is 8.19. The van der Waals surface area contributed by atoms with Crippen molar-refractivity contribution >= 4 is 34.6 Å². The van der Waals surface area contributed by atoms with Gasteiger partial charge in [-0.1, -0.05) is 17.7 Å². The van der Waals surface area contributed by atoms with Gasteiger partial charge in [-0.15, -0.1) is 11.3 Å². The summed E-state index contributed by atoms with van der Waals surface area (Å²) in [5.41, 5.74) is 1.18. The van der Waals surface area contributed by atoms with Crippen LogP contribution in [0.4, 0.5) is 5.69 Å². The summed E-state index contributed by atoms with van der Waals surface area (Å²) >= 11 is 7.86. The van der Waals surface area contributed by atoms with Gasteiger partial charge in [0.05, 0.1) is 5.01 Å². The standard InChI is InChI=1S/C19H26ClN5S/c1-3-21-19(22-9-7-18-23-12-14(2)26-18)24-16-8-10-25(13-16)17-6-4-5-15(20)11-17/h4-6,11-12,16H,3,7-10,13H2,1-2H3,(H2,21,22,24). The van der Waals surface area contributed by atoms with E-state index in [1.165, 1.54) is 10.6 Å². The molecule has 7 heteroatoms. The average Bonchev–Trinajstić information content (AvgIpc) is 3.24. The first-order valence-corrected chi connectivity index (χ1v) is 10.3. The van der Waals surface area contributed by atoms with Crippen molar-refractivity contribution in [1.82, 2.24) is 15.6 Å². The van der Waals surface area contributed by atoms with Crippen LogP contribution < -0.4 is 15.5 Å². The molecule has 1 unspecified atom stereocenters. The van der Waals surface area contributed by atoms with Crippen molar-refractivity contribution in [3.05, 3.63) is 45.4 Å². The average molecular weight is 392 g/mol. The van der Waals surface area contributed by atoms with Crippen LogP contribution in [0.5, 0.6) is 0 Å². The molecule has 0 radical (unpaired) electrons. The van der Waals surface area contributed by atoms with Crippen LogP contribution in [-0.4, -0.2) is 43.2 Å². The van der Waals surface area contributed by atoms with E-state index in [0.29, 0.717) is 6.04 Å². The minimum Gasteiger partial charge on any atom is -0.369 e. The van der Waals surface area contributed by atoms with Crippen LogP contribution in [0.2, 0.25) is 5.02 Å². The van der Waals surface area contributed by atoms with Gasteiger partial charge in [-0.3, -0.25) is 4.99 Å². The highest BCUT2D eigenvalue weighted by Gasteiger charge is 2.23. The number of nitrogens with one attached hydrogen (secondary N) is 2. The molecule has 2 N–H and O–H groups in total. The number of halogens is 1. The van der Waals surface area contributed by atoms with Gasteiger partial charge in [0, 0.05) is 60.4 Å². The summed E-state index contributed by atoms with van der Waals surface area (Å²) in [5, 5.41) is 8.85. The Morgan fingerprint density at radius 2 is 2.35 bits per heavy atom. The second-order valence-electron chi connectivity index (χ2n) is 6.43. The number of hydrogen-bond acceptors (Lipinski definition) is 4. The van der Waals surface area contributed by atoms with Crippen molar-refractivity contribution in [3.8, 4) is 0 Å². The molecule has 26 heavy (non-hydrogen) atoms. The maximum atomic E-state index is 6.12. The largest absolute Gasteiger partial charge is 0.369 e. The number of nitrogens with zero attached hydrogens (tertiary/aromatic N) is 3. The minimum absolute atomic E-state index is 0.383. The predicted octanol–water partition coefficient (Wildman–Crippen LogP) is 3.48. The molecule has 1 fully saturated rings.